The third-order valence-electron chi connectivity index (χ3n) is 5.93. The summed E-state index contributed by atoms with van der Waals surface area (Å²) in [5.74, 6) is 6.72. The van der Waals surface area contributed by atoms with Gasteiger partial charge in [0.15, 0.2) is 17.6 Å². The van der Waals surface area contributed by atoms with E-state index >= 15 is 0 Å². The third kappa shape index (κ3) is 2.57. The van der Waals surface area contributed by atoms with E-state index in [2.05, 4.69) is 11.8 Å². The number of ether oxygens (including phenoxy) is 3. The van der Waals surface area contributed by atoms with Gasteiger partial charge in [0.25, 0.3) is 5.56 Å². The van der Waals surface area contributed by atoms with E-state index in [1.807, 2.05) is 6.07 Å². The number of nitrogens with two attached hydrogens (primary N) is 1. The molecule has 0 bridgehead atoms. The number of esters is 1. The lowest BCUT2D eigenvalue weighted by molar-refractivity contribution is -0.157. The highest BCUT2D eigenvalue weighted by Crippen LogP contribution is 2.41. The molecule has 3 aliphatic heterocycles. The van der Waals surface area contributed by atoms with Crippen LogP contribution >= 0.6 is 0 Å². The lowest BCUT2D eigenvalue weighted by atomic mass is 9.98. The molecule has 3 aliphatic rings. The predicted molar refractivity (Wildman–Crippen MR) is 112 cm³/mol. The Balaban J connectivity index is 1.64. The maximum absolute atomic E-state index is 13.2. The number of aliphatic hydroxyl groups is 1. The Bertz CT molecular complexity index is 1460. The molecule has 9 heteroatoms. The van der Waals surface area contributed by atoms with Gasteiger partial charge in [0, 0.05) is 41.1 Å². The van der Waals surface area contributed by atoms with Crippen molar-refractivity contribution in [2.75, 3.05) is 13.3 Å². The van der Waals surface area contributed by atoms with Crippen molar-refractivity contribution in [3.8, 4) is 34.7 Å². The number of carbonyl (C=O) groups is 1. The zero-order valence-electron chi connectivity index (χ0n) is 16.8. The van der Waals surface area contributed by atoms with Crippen LogP contribution in [-0.2, 0) is 22.7 Å². The molecule has 6 rings (SSSR count). The fourth-order valence-electron chi connectivity index (χ4n) is 4.38. The number of aliphatic hydroxyl groups excluding tert-OH is 1. The Hall–Kier alpha value is -3.87. The minimum absolute atomic E-state index is 0.137. The summed E-state index contributed by atoms with van der Waals surface area (Å²) in [5, 5.41) is 11.1. The van der Waals surface area contributed by atoms with Crippen LogP contribution in [0.4, 0.5) is 0 Å². The largest absolute Gasteiger partial charge is 0.458 e. The number of pyridine rings is 2. The van der Waals surface area contributed by atoms with Crippen molar-refractivity contribution in [3.63, 3.8) is 0 Å². The standard InChI is InChI=1S/C23H17N3O6/c24-4-2-1-3-11-12-6-18-19(32-10-31-18)7-16(12)25-20-14(11)8-26-17(20)5-13-15(22(26)28)9-30-23(29)21(13)27/h5-7,21,27H,2,4,8-10,24H2/t21-/m0/s1. The van der Waals surface area contributed by atoms with Gasteiger partial charge in [0.2, 0.25) is 6.79 Å². The van der Waals surface area contributed by atoms with Crippen LogP contribution in [-0.4, -0.2) is 34.0 Å². The van der Waals surface area contributed by atoms with Gasteiger partial charge in [-0.25, -0.2) is 9.78 Å². The second-order valence-corrected chi connectivity index (χ2v) is 7.74. The van der Waals surface area contributed by atoms with Crippen molar-refractivity contribution < 1.29 is 24.1 Å². The summed E-state index contributed by atoms with van der Waals surface area (Å²) in [4.78, 5) is 29.9. The minimum atomic E-state index is -1.50. The minimum Gasteiger partial charge on any atom is -0.458 e. The summed E-state index contributed by atoms with van der Waals surface area (Å²) in [6, 6.07) is 5.29. The quantitative estimate of drug-likeness (QED) is 0.337. The predicted octanol–water partition coefficient (Wildman–Crippen LogP) is 0.944. The highest BCUT2D eigenvalue weighted by Gasteiger charge is 2.34. The van der Waals surface area contributed by atoms with Crippen LogP contribution in [0.25, 0.3) is 22.3 Å². The summed E-state index contributed by atoms with van der Waals surface area (Å²) < 4.78 is 17.6. The lowest BCUT2D eigenvalue weighted by Crippen LogP contribution is -2.32. The number of fused-ring (bicyclic) bond motifs is 6. The molecule has 1 aromatic carbocycles. The molecule has 0 unspecified atom stereocenters. The molecule has 0 fully saturated rings. The Labute approximate surface area is 181 Å². The fourth-order valence-corrected chi connectivity index (χ4v) is 4.38. The van der Waals surface area contributed by atoms with Gasteiger partial charge in [0.1, 0.15) is 6.61 Å². The van der Waals surface area contributed by atoms with Crippen LogP contribution in [0.1, 0.15) is 34.8 Å². The first-order valence-electron chi connectivity index (χ1n) is 10.1. The average molecular weight is 431 g/mol. The summed E-state index contributed by atoms with van der Waals surface area (Å²) in [6.07, 6.45) is -0.977. The number of benzene rings is 1. The Morgan fingerprint density at radius 1 is 1.16 bits per heavy atom. The molecule has 0 saturated carbocycles. The molecule has 0 radical (unpaired) electrons. The van der Waals surface area contributed by atoms with Crippen molar-refractivity contribution in [2.24, 2.45) is 5.73 Å². The maximum atomic E-state index is 13.2. The number of cyclic esters (lactones) is 1. The van der Waals surface area contributed by atoms with Crippen LogP contribution in [0.15, 0.2) is 23.0 Å². The number of hydrogen-bond donors (Lipinski definition) is 2. The first-order valence-corrected chi connectivity index (χ1v) is 10.1. The fraction of sp³-hybridized carbons (Fsp3) is 0.261. The molecule has 2 aromatic heterocycles. The van der Waals surface area contributed by atoms with Gasteiger partial charge in [-0.2, -0.15) is 0 Å². The van der Waals surface area contributed by atoms with Gasteiger partial charge in [-0.05, 0) is 12.1 Å². The number of nitrogens with zero attached hydrogens (tertiary/aromatic N) is 2. The van der Waals surface area contributed by atoms with E-state index in [0.29, 0.717) is 41.4 Å². The van der Waals surface area contributed by atoms with Gasteiger partial charge in [0.05, 0.1) is 29.0 Å². The number of rotatable bonds is 1. The van der Waals surface area contributed by atoms with Crippen LogP contribution < -0.4 is 20.8 Å². The average Bonchev–Trinajstić information content (AvgIpc) is 3.39. The zero-order valence-corrected chi connectivity index (χ0v) is 16.8. The van der Waals surface area contributed by atoms with E-state index in [1.54, 1.807) is 16.7 Å². The van der Waals surface area contributed by atoms with E-state index in [1.165, 1.54) is 0 Å². The number of hydrogen-bond acceptors (Lipinski definition) is 8. The summed E-state index contributed by atoms with van der Waals surface area (Å²) in [5.41, 5.74) is 9.11. The maximum Gasteiger partial charge on any atom is 0.340 e. The second kappa shape index (κ2) is 6.82. The SMILES string of the molecule is NCCC#Cc1c2c(nc3cc4c(cc13)OCO4)-c1cc3c(c(=O)n1C2)COC(=O)[C@H]3O. The Morgan fingerprint density at radius 3 is 2.78 bits per heavy atom. The van der Waals surface area contributed by atoms with Gasteiger partial charge in [-0.15, -0.1) is 0 Å². The third-order valence-corrected chi connectivity index (χ3v) is 5.93. The number of aromatic nitrogens is 2. The monoisotopic (exact) mass is 431 g/mol. The summed E-state index contributed by atoms with van der Waals surface area (Å²) in [7, 11) is 0. The van der Waals surface area contributed by atoms with Crippen molar-refractivity contribution in [2.45, 2.75) is 25.7 Å². The summed E-state index contributed by atoms with van der Waals surface area (Å²) in [6.45, 7) is 0.673. The molecule has 160 valence electrons. The highest BCUT2D eigenvalue weighted by atomic mass is 16.7. The molecule has 3 N–H and O–H groups in total. The van der Waals surface area contributed by atoms with Crippen molar-refractivity contribution in [1.29, 1.82) is 0 Å². The lowest BCUT2D eigenvalue weighted by Gasteiger charge is -2.21. The highest BCUT2D eigenvalue weighted by molar-refractivity contribution is 5.93. The van der Waals surface area contributed by atoms with E-state index < -0.39 is 12.1 Å². The Kier molecular flexibility index (Phi) is 4.02. The topological polar surface area (TPSA) is 126 Å². The van der Waals surface area contributed by atoms with Gasteiger partial charge < -0.3 is 29.6 Å². The van der Waals surface area contributed by atoms with Crippen LogP contribution in [0.2, 0.25) is 0 Å². The van der Waals surface area contributed by atoms with E-state index in [9.17, 15) is 14.7 Å². The summed E-state index contributed by atoms with van der Waals surface area (Å²) >= 11 is 0. The van der Waals surface area contributed by atoms with E-state index in [-0.39, 0.29) is 36.6 Å². The van der Waals surface area contributed by atoms with Crippen molar-refractivity contribution in [1.82, 2.24) is 9.55 Å². The zero-order chi connectivity index (χ0) is 22.0. The smallest absolute Gasteiger partial charge is 0.340 e. The molecule has 0 aliphatic carbocycles. The van der Waals surface area contributed by atoms with Crippen molar-refractivity contribution >= 4 is 16.9 Å². The molecule has 32 heavy (non-hydrogen) atoms. The van der Waals surface area contributed by atoms with Crippen LogP contribution in [0, 0.1) is 11.8 Å². The van der Waals surface area contributed by atoms with E-state index in [4.69, 9.17) is 24.9 Å². The molecule has 9 nitrogen and oxygen atoms in total. The first-order chi connectivity index (χ1) is 15.6. The van der Waals surface area contributed by atoms with Gasteiger partial charge in [-0.1, -0.05) is 11.8 Å². The molecule has 0 amide bonds. The van der Waals surface area contributed by atoms with Crippen LogP contribution in [0.5, 0.6) is 11.5 Å². The molecular weight excluding hydrogens is 414 g/mol. The van der Waals surface area contributed by atoms with E-state index in [0.717, 1.165) is 16.5 Å². The molecule has 0 saturated heterocycles. The molecule has 0 spiro atoms. The van der Waals surface area contributed by atoms with Gasteiger partial charge >= 0.3 is 5.97 Å². The first kappa shape index (κ1) is 18.9. The normalized spacial score (nSPS) is 17.3. The molecule has 3 aromatic rings. The molecular formula is C23H17N3O6. The molecule has 5 heterocycles. The molecule has 1 atom stereocenters. The van der Waals surface area contributed by atoms with Crippen molar-refractivity contribution in [3.05, 3.63) is 50.8 Å². The van der Waals surface area contributed by atoms with Crippen LogP contribution in [0.3, 0.4) is 0 Å². The number of carbonyl (C=O) groups excluding carboxylic acids is 1. The second-order valence-electron chi connectivity index (χ2n) is 7.74. The van der Waals surface area contributed by atoms with Gasteiger partial charge in [-0.3, -0.25) is 4.79 Å². The Morgan fingerprint density at radius 2 is 1.97 bits per heavy atom.